The van der Waals surface area contributed by atoms with E-state index < -0.39 is 10.0 Å². The zero-order chi connectivity index (χ0) is 17.3. The van der Waals surface area contributed by atoms with Gasteiger partial charge in [-0.3, -0.25) is 14.5 Å². The van der Waals surface area contributed by atoms with Crippen molar-refractivity contribution in [2.24, 2.45) is 0 Å². The molecule has 6 heteroatoms. The van der Waals surface area contributed by atoms with Crippen molar-refractivity contribution in [2.45, 2.75) is 18.7 Å². The standard InChI is InChI=1S/C18H16N2O3S/c1-12-10-15-4-3-5-17(18(15)19-11-12)24(22,23)20-16-8-6-14(7-9-16)13(2)21/h3-11,20H,1-2H3. The molecule has 0 aliphatic carbocycles. The third-order valence-electron chi connectivity index (χ3n) is 3.64. The van der Waals surface area contributed by atoms with Crippen LogP contribution in [-0.4, -0.2) is 19.2 Å². The minimum absolute atomic E-state index is 0.0713. The number of ketones is 1. The molecule has 0 aliphatic rings. The molecule has 0 unspecified atom stereocenters. The fourth-order valence-corrected chi connectivity index (χ4v) is 3.68. The number of carbonyl (C=O) groups is 1. The second-order valence-electron chi connectivity index (χ2n) is 5.58. The van der Waals surface area contributed by atoms with Gasteiger partial charge in [0.05, 0.1) is 5.52 Å². The summed E-state index contributed by atoms with van der Waals surface area (Å²) in [5, 5.41) is 0.768. The molecule has 5 nitrogen and oxygen atoms in total. The third kappa shape index (κ3) is 3.14. The predicted molar refractivity (Wildman–Crippen MR) is 93.7 cm³/mol. The number of para-hydroxylation sites is 1. The molecule has 0 saturated heterocycles. The van der Waals surface area contributed by atoms with Gasteiger partial charge in [0.25, 0.3) is 10.0 Å². The molecular weight excluding hydrogens is 324 g/mol. The number of rotatable bonds is 4. The van der Waals surface area contributed by atoms with Crippen LogP contribution >= 0.6 is 0 Å². The van der Waals surface area contributed by atoms with Gasteiger partial charge in [0.2, 0.25) is 0 Å². The average Bonchev–Trinajstić information content (AvgIpc) is 2.54. The van der Waals surface area contributed by atoms with Crippen LogP contribution in [0.1, 0.15) is 22.8 Å². The molecule has 3 aromatic rings. The molecule has 3 rings (SSSR count). The van der Waals surface area contributed by atoms with Crippen LogP contribution in [0.4, 0.5) is 5.69 Å². The topological polar surface area (TPSA) is 76.1 Å². The Kier molecular flexibility index (Phi) is 4.07. The molecule has 24 heavy (non-hydrogen) atoms. The first-order valence-electron chi connectivity index (χ1n) is 7.36. The SMILES string of the molecule is CC(=O)c1ccc(NS(=O)(=O)c2cccc3cc(C)cnc23)cc1. The van der Waals surface area contributed by atoms with Crippen molar-refractivity contribution in [3.05, 3.63) is 65.9 Å². The van der Waals surface area contributed by atoms with Crippen LogP contribution in [0.15, 0.2) is 59.6 Å². The molecule has 0 spiro atoms. The molecule has 0 amide bonds. The maximum Gasteiger partial charge on any atom is 0.264 e. The number of sulfonamides is 1. The Labute approximate surface area is 140 Å². The minimum Gasteiger partial charge on any atom is -0.295 e. The normalized spacial score (nSPS) is 11.4. The van der Waals surface area contributed by atoms with Gasteiger partial charge in [-0.2, -0.15) is 0 Å². The van der Waals surface area contributed by atoms with E-state index in [0.29, 0.717) is 16.8 Å². The highest BCUT2D eigenvalue weighted by Gasteiger charge is 2.18. The van der Waals surface area contributed by atoms with Crippen LogP contribution in [-0.2, 0) is 10.0 Å². The van der Waals surface area contributed by atoms with Gasteiger partial charge in [-0.25, -0.2) is 8.42 Å². The second kappa shape index (κ2) is 6.05. The van der Waals surface area contributed by atoms with Gasteiger partial charge in [-0.05, 0) is 55.8 Å². The summed E-state index contributed by atoms with van der Waals surface area (Å²) in [4.78, 5) is 15.7. The first-order valence-corrected chi connectivity index (χ1v) is 8.84. The van der Waals surface area contributed by atoms with Gasteiger partial charge in [0.15, 0.2) is 5.78 Å². The Hall–Kier alpha value is -2.73. The number of nitrogens with zero attached hydrogens (tertiary/aromatic N) is 1. The summed E-state index contributed by atoms with van der Waals surface area (Å²) in [7, 11) is -3.78. The highest BCUT2D eigenvalue weighted by atomic mass is 32.2. The van der Waals surface area contributed by atoms with Crippen molar-refractivity contribution in [2.75, 3.05) is 4.72 Å². The number of benzene rings is 2. The molecule has 0 radical (unpaired) electrons. The fraction of sp³-hybridized carbons (Fsp3) is 0.111. The van der Waals surface area contributed by atoms with E-state index in [1.54, 1.807) is 36.5 Å². The second-order valence-corrected chi connectivity index (χ2v) is 7.23. The number of hydrogen-bond donors (Lipinski definition) is 1. The van der Waals surface area contributed by atoms with E-state index in [9.17, 15) is 13.2 Å². The molecule has 1 heterocycles. The number of Topliss-reactive ketones (excluding diaryl/α,β-unsaturated/α-hetero) is 1. The monoisotopic (exact) mass is 340 g/mol. The Morgan fingerprint density at radius 2 is 1.79 bits per heavy atom. The molecule has 0 fully saturated rings. The van der Waals surface area contributed by atoms with Crippen molar-refractivity contribution in [3.8, 4) is 0 Å². The van der Waals surface area contributed by atoms with Crippen LogP contribution in [0.3, 0.4) is 0 Å². The summed E-state index contributed by atoms with van der Waals surface area (Å²) in [6.45, 7) is 3.37. The van der Waals surface area contributed by atoms with Gasteiger partial charge in [0, 0.05) is 22.8 Å². The van der Waals surface area contributed by atoms with Gasteiger partial charge >= 0.3 is 0 Å². The van der Waals surface area contributed by atoms with E-state index in [4.69, 9.17) is 0 Å². The molecule has 122 valence electrons. The minimum atomic E-state index is -3.78. The summed E-state index contributed by atoms with van der Waals surface area (Å²) in [5.74, 6) is -0.0713. The Bertz CT molecular complexity index is 1030. The first kappa shape index (κ1) is 16.1. The largest absolute Gasteiger partial charge is 0.295 e. The molecule has 0 atom stereocenters. The number of anilines is 1. The van der Waals surface area contributed by atoms with Gasteiger partial charge in [0.1, 0.15) is 4.90 Å². The van der Waals surface area contributed by atoms with E-state index in [1.165, 1.54) is 13.0 Å². The fourth-order valence-electron chi connectivity index (χ4n) is 2.44. The highest BCUT2D eigenvalue weighted by molar-refractivity contribution is 7.93. The quantitative estimate of drug-likeness (QED) is 0.737. The summed E-state index contributed by atoms with van der Waals surface area (Å²) in [5.41, 5.74) is 2.31. The van der Waals surface area contributed by atoms with Gasteiger partial charge in [-0.1, -0.05) is 12.1 Å². The van der Waals surface area contributed by atoms with E-state index in [0.717, 1.165) is 10.9 Å². The zero-order valence-corrected chi connectivity index (χ0v) is 14.1. The number of carbonyl (C=O) groups excluding carboxylic acids is 1. The maximum absolute atomic E-state index is 12.7. The average molecular weight is 340 g/mol. The lowest BCUT2D eigenvalue weighted by Crippen LogP contribution is -2.14. The number of pyridine rings is 1. The first-order chi connectivity index (χ1) is 11.4. The van der Waals surface area contributed by atoms with Crippen molar-refractivity contribution in [3.63, 3.8) is 0 Å². The highest BCUT2D eigenvalue weighted by Crippen LogP contribution is 2.24. The predicted octanol–water partition coefficient (Wildman–Crippen LogP) is 3.55. The number of fused-ring (bicyclic) bond motifs is 1. The summed E-state index contributed by atoms with van der Waals surface area (Å²) >= 11 is 0. The molecule has 0 saturated carbocycles. The van der Waals surface area contributed by atoms with Crippen LogP contribution in [0, 0.1) is 6.92 Å². The van der Waals surface area contributed by atoms with E-state index in [-0.39, 0.29) is 10.7 Å². The Balaban J connectivity index is 2.00. The van der Waals surface area contributed by atoms with Crippen LogP contribution in [0.5, 0.6) is 0 Å². The molecular formula is C18H16N2O3S. The summed E-state index contributed by atoms with van der Waals surface area (Å²) < 4.78 is 27.9. The van der Waals surface area contributed by atoms with Crippen molar-refractivity contribution < 1.29 is 13.2 Å². The number of aryl methyl sites for hydroxylation is 1. The van der Waals surface area contributed by atoms with Gasteiger partial charge < -0.3 is 0 Å². The van der Waals surface area contributed by atoms with E-state index in [1.807, 2.05) is 19.1 Å². The molecule has 2 aromatic carbocycles. The molecule has 1 aromatic heterocycles. The lowest BCUT2D eigenvalue weighted by molar-refractivity contribution is 0.101. The van der Waals surface area contributed by atoms with E-state index in [2.05, 4.69) is 9.71 Å². The Morgan fingerprint density at radius 1 is 1.08 bits per heavy atom. The lowest BCUT2D eigenvalue weighted by Gasteiger charge is -2.10. The number of aromatic nitrogens is 1. The van der Waals surface area contributed by atoms with Crippen LogP contribution in [0.2, 0.25) is 0 Å². The maximum atomic E-state index is 12.7. The van der Waals surface area contributed by atoms with Gasteiger partial charge in [-0.15, -0.1) is 0 Å². The zero-order valence-electron chi connectivity index (χ0n) is 13.3. The van der Waals surface area contributed by atoms with E-state index >= 15 is 0 Å². The summed E-state index contributed by atoms with van der Waals surface area (Å²) in [6.07, 6.45) is 1.64. The summed E-state index contributed by atoms with van der Waals surface area (Å²) in [6, 6.07) is 13.2. The molecule has 0 bridgehead atoms. The van der Waals surface area contributed by atoms with Crippen molar-refractivity contribution in [1.82, 2.24) is 4.98 Å². The smallest absolute Gasteiger partial charge is 0.264 e. The third-order valence-corrected chi connectivity index (χ3v) is 5.06. The van der Waals surface area contributed by atoms with Crippen LogP contribution < -0.4 is 4.72 Å². The van der Waals surface area contributed by atoms with Crippen molar-refractivity contribution in [1.29, 1.82) is 0 Å². The number of hydrogen-bond acceptors (Lipinski definition) is 4. The van der Waals surface area contributed by atoms with Crippen molar-refractivity contribution >= 4 is 32.4 Å². The number of nitrogens with one attached hydrogen (secondary N) is 1. The Morgan fingerprint density at radius 3 is 2.46 bits per heavy atom. The lowest BCUT2D eigenvalue weighted by atomic mass is 10.1. The molecule has 1 N–H and O–H groups in total. The van der Waals surface area contributed by atoms with Crippen LogP contribution in [0.25, 0.3) is 10.9 Å². The molecule has 0 aliphatic heterocycles.